The minimum absolute atomic E-state index is 0.112. The zero-order valence-corrected chi connectivity index (χ0v) is 13.7. The monoisotopic (exact) mass is 296 g/mol. The van der Waals surface area contributed by atoms with Crippen molar-refractivity contribution in [2.75, 3.05) is 5.75 Å². The smallest absolute Gasteiger partial charge is 0.263 e. The molecule has 104 valence electrons. The maximum absolute atomic E-state index is 12.6. The number of thiophene rings is 1. The second-order valence-electron chi connectivity index (χ2n) is 5.11. The van der Waals surface area contributed by atoms with Gasteiger partial charge in [0.25, 0.3) is 5.56 Å². The highest BCUT2D eigenvalue weighted by Crippen LogP contribution is 2.28. The first kappa shape index (κ1) is 14.6. The predicted molar refractivity (Wildman–Crippen MR) is 84.6 cm³/mol. The quantitative estimate of drug-likeness (QED) is 0.635. The van der Waals surface area contributed by atoms with E-state index < -0.39 is 0 Å². The third kappa shape index (κ3) is 2.72. The number of hydrogen-bond donors (Lipinski definition) is 0. The van der Waals surface area contributed by atoms with Crippen molar-refractivity contribution in [1.82, 2.24) is 9.55 Å². The van der Waals surface area contributed by atoms with Crippen LogP contribution in [0.3, 0.4) is 0 Å². The van der Waals surface area contributed by atoms with Crippen LogP contribution in [-0.2, 0) is 6.54 Å². The van der Waals surface area contributed by atoms with E-state index in [4.69, 9.17) is 4.98 Å². The number of rotatable bonds is 4. The van der Waals surface area contributed by atoms with Crippen LogP contribution in [0.1, 0.15) is 31.2 Å². The van der Waals surface area contributed by atoms with E-state index in [0.717, 1.165) is 26.7 Å². The third-order valence-electron chi connectivity index (χ3n) is 3.12. The molecular weight excluding hydrogens is 276 g/mol. The van der Waals surface area contributed by atoms with Crippen LogP contribution in [0.5, 0.6) is 0 Å². The molecule has 0 saturated heterocycles. The summed E-state index contributed by atoms with van der Waals surface area (Å²) in [5.74, 6) is 1.58. The van der Waals surface area contributed by atoms with Gasteiger partial charge in [0.1, 0.15) is 4.83 Å². The summed E-state index contributed by atoms with van der Waals surface area (Å²) in [5.41, 5.74) is 1.20. The highest BCUT2D eigenvalue weighted by molar-refractivity contribution is 7.99. The van der Waals surface area contributed by atoms with Crippen molar-refractivity contribution in [2.24, 2.45) is 5.92 Å². The summed E-state index contributed by atoms with van der Waals surface area (Å²) in [4.78, 5) is 19.4. The van der Waals surface area contributed by atoms with Gasteiger partial charge in [0.15, 0.2) is 5.16 Å². The minimum Gasteiger partial charge on any atom is -0.287 e. The lowest BCUT2D eigenvalue weighted by Gasteiger charge is -2.10. The Morgan fingerprint density at radius 3 is 2.63 bits per heavy atom. The first-order chi connectivity index (χ1) is 8.95. The molecule has 19 heavy (non-hydrogen) atoms. The van der Waals surface area contributed by atoms with Crippen LogP contribution in [0.4, 0.5) is 0 Å². The van der Waals surface area contributed by atoms with Gasteiger partial charge in [0, 0.05) is 17.2 Å². The fourth-order valence-electron chi connectivity index (χ4n) is 1.94. The summed E-state index contributed by atoms with van der Waals surface area (Å²) in [6.45, 7) is 11.1. The zero-order valence-electron chi connectivity index (χ0n) is 12.1. The van der Waals surface area contributed by atoms with Crippen molar-refractivity contribution < 1.29 is 0 Å². The van der Waals surface area contributed by atoms with Crippen molar-refractivity contribution in [2.45, 2.75) is 46.3 Å². The molecule has 0 N–H and O–H groups in total. The highest BCUT2D eigenvalue weighted by Gasteiger charge is 2.16. The standard InChI is InChI=1S/C14H20N2OS2/c1-6-16-13(17)11-9(4)10(5)19-12(11)15-14(16)18-7-8(2)3/h8H,6-7H2,1-5H3. The van der Waals surface area contributed by atoms with Gasteiger partial charge in [0.05, 0.1) is 5.39 Å². The van der Waals surface area contributed by atoms with E-state index in [1.54, 1.807) is 27.7 Å². The number of aryl methyl sites for hydroxylation is 2. The van der Waals surface area contributed by atoms with Crippen molar-refractivity contribution in [3.05, 3.63) is 20.8 Å². The molecule has 2 heterocycles. The van der Waals surface area contributed by atoms with Crippen molar-refractivity contribution in [3.63, 3.8) is 0 Å². The van der Waals surface area contributed by atoms with E-state index >= 15 is 0 Å². The van der Waals surface area contributed by atoms with Gasteiger partial charge in [-0.15, -0.1) is 11.3 Å². The fraction of sp³-hybridized carbons (Fsp3) is 0.571. The molecule has 0 aromatic carbocycles. The summed E-state index contributed by atoms with van der Waals surface area (Å²) < 4.78 is 1.80. The molecule has 0 saturated carbocycles. The molecule has 2 aromatic rings. The number of thioether (sulfide) groups is 1. The SMILES string of the molecule is CCn1c(SCC(C)C)nc2sc(C)c(C)c2c1=O. The van der Waals surface area contributed by atoms with Crippen molar-refractivity contribution >= 4 is 33.3 Å². The van der Waals surface area contributed by atoms with E-state index in [2.05, 4.69) is 20.8 Å². The summed E-state index contributed by atoms with van der Waals surface area (Å²) in [6, 6.07) is 0. The molecule has 0 aliphatic heterocycles. The topological polar surface area (TPSA) is 34.9 Å². The van der Waals surface area contributed by atoms with Crippen molar-refractivity contribution in [1.29, 1.82) is 0 Å². The van der Waals surface area contributed by atoms with Crippen LogP contribution in [0.25, 0.3) is 10.2 Å². The van der Waals surface area contributed by atoms with Gasteiger partial charge in [-0.25, -0.2) is 4.98 Å². The largest absolute Gasteiger partial charge is 0.287 e. The Balaban J connectivity index is 2.62. The Bertz CT molecular complexity index is 655. The molecule has 0 fully saturated rings. The van der Waals surface area contributed by atoms with Gasteiger partial charge in [0.2, 0.25) is 0 Å². The Morgan fingerprint density at radius 2 is 2.05 bits per heavy atom. The summed E-state index contributed by atoms with van der Waals surface area (Å²) in [6.07, 6.45) is 0. The Morgan fingerprint density at radius 1 is 1.37 bits per heavy atom. The van der Waals surface area contributed by atoms with E-state index in [1.165, 1.54) is 4.88 Å². The van der Waals surface area contributed by atoms with Gasteiger partial charge >= 0.3 is 0 Å². The van der Waals surface area contributed by atoms with Gasteiger partial charge < -0.3 is 0 Å². The number of nitrogens with zero attached hydrogens (tertiary/aromatic N) is 2. The predicted octanol–water partition coefficient (Wildman–Crippen LogP) is 3.84. The summed E-state index contributed by atoms with van der Waals surface area (Å²) in [7, 11) is 0. The Hall–Kier alpha value is -0.810. The van der Waals surface area contributed by atoms with Crippen LogP contribution in [0.2, 0.25) is 0 Å². The van der Waals surface area contributed by atoms with E-state index in [1.807, 2.05) is 13.8 Å². The molecular formula is C14H20N2OS2. The molecule has 0 aliphatic carbocycles. The number of aromatic nitrogens is 2. The van der Waals surface area contributed by atoms with Gasteiger partial charge in [-0.2, -0.15) is 0 Å². The Labute approximate surface area is 122 Å². The summed E-state index contributed by atoms with van der Waals surface area (Å²) in [5, 5.41) is 1.66. The van der Waals surface area contributed by atoms with Crippen LogP contribution in [0, 0.1) is 19.8 Å². The van der Waals surface area contributed by atoms with E-state index in [9.17, 15) is 4.79 Å². The molecule has 2 aromatic heterocycles. The van der Waals surface area contributed by atoms with E-state index in [-0.39, 0.29) is 5.56 Å². The maximum atomic E-state index is 12.6. The molecule has 0 spiro atoms. The average molecular weight is 296 g/mol. The molecule has 0 bridgehead atoms. The van der Waals surface area contributed by atoms with Crippen molar-refractivity contribution in [3.8, 4) is 0 Å². The lowest BCUT2D eigenvalue weighted by atomic mass is 10.2. The molecule has 3 nitrogen and oxygen atoms in total. The van der Waals surface area contributed by atoms with Crippen LogP contribution < -0.4 is 5.56 Å². The Kier molecular flexibility index (Phi) is 4.36. The van der Waals surface area contributed by atoms with Crippen LogP contribution in [0.15, 0.2) is 9.95 Å². The number of hydrogen-bond acceptors (Lipinski definition) is 4. The molecule has 0 aliphatic rings. The van der Waals surface area contributed by atoms with Gasteiger partial charge in [-0.3, -0.25) is 9.36 Å². The second kappa shape index (κ2) is 5.67. The van der Waals surface area contributed by atoms with Gasteiger partial charge in [-0.05, 0) is 32.3 Å². The normalized spacial score (nSPS) is 11.7. The fourth-order valence-corrected chi connectivity index (χ4v) is 4.02. The molecule has 5 heteroatoms. The highest BCUT2D eigenvalue weighted by atomic mass is 32.2. The lowest BCUT2D eigenvalue weighted by Crippen LogP contribution is -2.22. The minimum atomic E-state index is 0.112. The first-order valence-electron chi connectivity index (χ1n) is 6.59. The van der Waals surface area contributed by atoms with Gasteiger partial charge in [-0.1, -0.05) is 25.6 Å². The van der Waals surface area contributed by atoms with Crippen LogP contribution >= 0.6 is 23.1 Å². The summed E-state index contributed by atoms with van der Waals surface area (Å²) >= 11 is 3.31. The molecule has 2 rings (SSSR count). The molecule has 0 atom stereocenters. The average Bonchev–Trinajstić information content (AvgIpc) is 2.62. The zero-order chi connectivity index (χ0) is 14.2. The molecule has 0 amide bonds. The first-order valence-corrected chi connectivity index (χ1v) is 8.39. The molecule has 0 radical (unpaired) electrons. The van der Waals surface area contributed by atoms with E-state index in [0.29, 0.717) is 12.5 Å². The maximum Gasteiger partial charge on any atom is 0.263 e. The number of fused-ring (bicyclic) bond motifs is 1. The third-order valence-corrected chi connectivity index (χ3v) is 5.62. The van der Waals surface area contributed by atoms with Crippen LogP contribution in [-0.4, -0.2) is 15.3 Å². The molecule has 0 unspecified atom stereocenters. The lowest BCUT2D eigenvalue weighted by molar-refractivity contribution is 0.632. The second-order valence-corrected chi connectivity index (χ2v) is 7.30.